The van der Waals surface area contributed by atoms with Crippen LogP contribution >= 0.6 is 11.3 Å². The molecule has 9 heteroatoms. The second-order valence-corrected chi connectivity index (χ2v) is 6.06. The monoisotopic (exact) mass is 308 g/mol. The average Bonchev–Trinajstić information content (AvgIpc) is 2.99. The van der Waals surface area contributed by atoms with Gasteiger partial charge in [-0.25, -0.2) is 0 Å². The van der Waals surface area contributed by atoms with Crippen LogP contribution in [0, 0.1) is 6.92 Å². The summed E-state index contributed by atoms with van der Waals surface area (Å²) < 4.78 is 6.65. The fraction of sp³-hybridized carbons (Fsp3) is 0.500. The van der Waals surface area contributed by atoms with E-state index in [-0.39, 0.29) is 11.9 Å². The SMILES string of the molecule is COc1nn(C)cc1C(=O)NC1CN(c2nnc(C)s2)C1. The predicted octanol–water partition coefficient (Wildman–Crippen LogP) is 0.207. The van der Waals surface area contributed by atoms with Gasteiger partial charge < -0.3 is 15.0 Å². The van der Waals surface area contributed by atoms with Gasteiger partial charge in [0.1, 0.15) is 10.6 Å². The highest BCUT2D eigenvalue weighted by Gasteiger charge is 2.31. The van der Waals surface area contributed by atoms with Crippen molar-refractivity contribution in [1.82, 2.24) is 25.3 Å². The van der Waals surface area contributed by atoms with E-state index in [1.807, 2.05) is 6.92 Å². The minimum absolute atomic E-state index is 0.103. The van der Waals surface area contributed by atoms with E-state index in [0.29, 0.717) is 11.4 Å². The van der Waals surface area contributed by atoms with E-state index in [2.05, 4.69) is 25.5 Å². The summed E-state index contributed by atoms with van der Waals surface area (Å²) in [6.45, 7) is 3.40. The van der Waals surface area contributed by atoms with E-state index < -0.39 is 0 Å². The maximum absolute atomic E-state index is 12.2. The van der Waals surface area contributed by atoms with Gasteiger partial charge in [0.05, 0.1) is 13.2 Å². The third-order valence-corrected chi connectivity index (χ3v) is 4.14. The number of rotatable bonds is 4. The molecular formula is C12H16N6O2S. The molecule has 0 aliphatic carbocycles. The van der Waals surface area contributed by atoms with Gasteiger partial charge in [-0.15, -0.1) is 15.3 Å². The summed E-state index contributed by atoms with van der Waals surface area (Å²) in [5.74, 6) is 0.170. The number of amides is 1. The predicted molar refractivity (Wildman–Crippen MR) is 77.9 cm³/mol. The first-order chi connectivity index (χ1) is 10.1. The van der Waals surface area contributed by atoms with E-state index in [1.165, 1.54) is 7.11 Å². The zero-order valence-corrected chi connectivity index (χ0v) is 12.8. The van der Waals surface area contributed by atoms with Crippen molar-refractivity contribution in [3.63, 3.8) is 0 Å². The van der Waals surface area contributed by atoms with Gasteiger partial charge >= 0.3 is 0 Å². The molecule has 1 aliphatic rings. The second kappa shape index (κ2) is 5.32. The Hall–Kier alpha value is -2.16. The molecule has 1 saturated heterocycles. The molecule has 1 aliphatic heterocycles. The van der Waals surface area contributed by atoms with Crippen LogP contribution in [0.5, 0.6) is 5.88 Å². The number of anilines is 1. The molecule has 0 unspecified atom stereocenters. The molecule has 0 radical (unpaired) electrons. The van der Waals surface area contributed by atoms with E-state index in [4.69, 9.17) is 4.74 Å². The zero-order chi connectivity index (χ0) is 15.0. The summed E-state index contributed by atoms with van der Waals surface area (Å²) in [6, 6.07) is 0.103. The molecule has 2 aromatic heterocycles. The van der Waals surface area contributed by atoms with Crippen LogP contribution in [0.15, 0.2) is 6.20 Å². The lowest BCUT2D eigenvalue weighted by Crippen LogP contribution is -2.59. The number of hydrogen-bond donors (Lipinski definition) is 1. The van der Waals surface area contributed by atoms with Crippen LogP contribution < -0.4 is 15.0 Å². The minimum atomic E-state index is -0.168. The van der Waals surface area contributed by atoms with Crippen molar-refractivity contribution in [3.8, 4) is 5.88 Å². The van der Waals surface area contributed by atoms with Gasteiger partial charge in [0.15, 0.2) is 0 Å². The number of methoxy groups -OCH3 is 1. The Morgan fingerprint density at radius 2 is 2.24 bits per heavy atom. The first-order valence-corrected chi connectivity index (χ1v) is 7.32. The molecule has 0 bridgehead atoms. The number of nitrogens with zero attached hydrogens (tertiary/aromatic N) is 5. The summed E-state index contributed by atoms with van der Waals surface area (Å²) in [6.07, 6.45) is 1.65. The number of aryl methyl sites for hydroxylation is 2. The highest BCUT2D eigenvalue weighted by Crippen LogP contribution is 2.24. The van der Waals surface area contributed by atoms with E-state index >= 15 is 0 Å². The Kier molecular flexibility index (Phi) is 3.50. The molecule has 1 amide bonds. The van der Waals surface area contributed by atoms with Crippen molar-refractivity contribution in [1.29, 1.82) is 0 Å². The molecule has 1 fully saturated rings. The van der Waals surface area contributed by atoms with Crippen molar-refractivity contribution >= 4 is 22.4 Å². The Bertz CT molecular complexity index is 661. The summed E-state index contributed by atoms with van der Waals surface area (Å²) >= 11 is 1.56. The highest BCUT2D eigenvalue weighted by molar-refractivity contribution is 7.15. The van der Waals surface area contributed by atoms with Crippen molar-refractivity contribution in [3.05, 3.63) is 16.8 Å². The second-order valence-electron chi connectivity index (χ2n) is 4.90. The molecule has 0 spiro atoms. The lowest BCUT2D eigenvalue weighted by Gasteiger charge is -2.38. The standard InChI is InChI=1S/C12H16N6O2S/c1-7-14-15-12(21-7)18-4-8(5-18)13-10(19)9-6-17(2)16-11(9)20-3/h6,8H,4-5H2,1-3H3,(H,13,19). The average molecular weight is 308 g/mol. The van der Waals surface area contributed by atoms with Crippen LogP contribution in [-0.2, 0) is 7.05 Å². The Morgan fingerprint density at radius 1 is 1.48 bits per heavy atom. The molecule has 2 aromatic rings. The third kappa shape index (κ3) is 2.68. The summed E-state index contributed by atoms with van der Waals surface area (Å²) in [7, 11) is 3.25. The quantitative estimate of drug-likeness (QED) is 0.869. The molecule has 112 valence electrons. The van der Waals surface area contributed by atoms with E-state index in [9.17, 15) is 4.79 Å². The summed E-state index contributed by atoms with van der Waals surface area (Å²) in [5.41, 5.74) is 0.449. The van der Waals surface area contributed by atoms with Crippen molar-refractivity contribution in [2.75, 3.05) is 25.1 Å². The third-order valence-electron chi connectivity index (χ3n) is 3.24. The van der Waals surface area contributed by atoms with Crippen molar-refractivity contribution < 1.29 is 9.53 Å². The molecule has 0 saturated carbocycles. The van der Waals surface area contributed by atoms with Crippen LogP contribution in [0.1, 0.15) is 15.4 Å². The number of hydrogen-bond acceptors (Lipinski definition) is 7. The fourth-order valence-corrected chi connectivity index (χ4v) is 2.88. The van der Waals surface area contributed by atoms with Crippen LogP contribution in [0.2, 0.25) is 0 Å². The Labute approximate surface area is 125 Å². The first kappa shape index (κ1) is 13.8. The minimum Gasteiger partial charge on any atom is -0.479 e. The van der Waals surface area contributed by atoms with Crippen LogP contribution in [0.3, 0.4) is 0 Å². The lowest BCUT2D eigenvalue weighted by molar-refractivity contribution is 0.0927. The number of aromatic nitrogens is 4. The van der Waals surface area contributed by atoms with E-state index in [1.54, 1.807) is 29.3 Å². The molecular weight excluding hydrogens is 292 g/mol. The van der Waals surface area contributed by atoms with Gasteiger partial charge in [-0.1, -0.05) is 11.3 Å². The molecule has 21 heavy (non-hydrogen) atoms. The van der Waals surface area contributed by atoms with Crippen LogP contribution in [0.4, 0.5) is 5.13 Å². The van der Waals surface area contributed by atoms with Gasteiger partial charge in [-0.2, -0.15) is 0 Å². The Balaban J connectivity index is 1.57. The zero-order valence-electron chi connectivity index (χ0n) is 12.0. The molecule has 3 rings (SSSR count). The first-order valence-electron chi connectivity index (χ1n) is 6.50. The summed E-state index contributed by atoms with van der Waals surface area (Å²) in [5, 5.41) is 17.0. The van der Waals surface area contributed by atoms with Gasteiger partial charge in [0.25, 0.3) is 5.91 Å². The topological polar surface area (TPSA) is 85.2 Å². The molecule has 3 heterocycles. The highest BCUT2D eigenvalue weighted by atomic mass is 32.1. The summed E-state index contributed by atoms with van der Waals surface area (Å²) in [4.78, 5) is 14.3. The number of nitrogens with one attached hydrogen (secondary N) is 1. The fourth-order valence-electron chi connectivity index (χ4n) is 2.18. The van der Waals surface area contributed by atoms with Gasteiger partial charge in [-0.05, 0) is 6.92 Å². The smallest absolute Gasteiger partial charge is 0.258 e. The lowest BCUT2D eigenvalue weighted by atomic mass is 10.1. The number of ether oxygens (including phenoxy) is 1. The van der Waals surface area contributed by atoms with Gasteiger partial charge in [-0.3, -0.25) is 9.48 Å². The van der Waals surface area contributed by atoms with Crippen molar-refractivity contribution in [2.24, 2.45) is 7.05 Å². The molecule has 1 N–H and O–H groups in total. The molecule has 8 nitrogen and oxygen atoms in total. The molecule has 0 atom stereocenters. The number of carbonyl (C=O) groups excluding carboxylic acids is 1. The number of carbonyl (C=O) groups is 1. The van der Waals surface area contributed by atoms with Gasteiger partial charge in [0.2, 0.25) is 11.0 Å². The largest absolute Gasteiger partial charge is 0.479 e. The van der Waals surface area contributed by atoms with Crippen molar-refractivity contribution in [2.45, 2.75) is 13.0 Å². The van der Waals surface area contributed by atoms with Crippen LogP contribution in [-0.4, -0.2) is 52.1 Å². The maximum Gasteiger partial charge on any atom is 0.258 e. The normalized spacial score (nSPS) is 14.9. The van der Waals surface area contributed by atoms with Gasteiger partial charge in [0, 0.05) is 26.3 Å². The van der Waals surface area contributed by atoms with E-state index in [0.717, 1.165) is 23.2 Å². The molecule has 0 aromatic carbocycles. The van der Waals surface area contributed by atoms with Crippen LogP contribution in [0.25, 0.3) is 0 Å². The Morgan fingerprint density at radius 3 is 2.86 bits per heavy atom. The maximum atomic E-state index is 12.2.